The fourth-order valence-electron chi connectivity index (χ4n) is 3.90. The molecule has 5 nitrogen and oxygen atoms in total. The molecule has 0 radical (unpaired) electrons. The van der Waals surface area contributed by atoms with E-state index in [1.165, 1.54) is 4.57 Å². The highest BCUT2D eigenvalue weighted by atomic mass is 35.5. The van der Waals surface area contributed by atoms with Gasteiger partial charge in [-0.15, -0.1) is 0 Å². The first-order chi connectivity index (χ1) is 10.3. The molecule has 7 heteroatoms. The molecule has 2 aliphatic rings. The van der Waals surface area contributed by atoms with E-state index < -0.39 is 17.6 Å². The standard InChI is InChI=1S/C15H13Cl2NO4/c16-6-3-7(17)5-8(4-6)18-13(19)11-9-1-2-10(15(9,21)22)12(11)14(18)20/h3-5,9-10,19-22H,1-2H2/t9-,10+. The summed E-state index contributed by atoms with van der Waals surface area (Å²) in [7, 11) is 0. The van der Waals surface area contributed by atoms with Crippen LogP contribution in [-0.4, -0.2) is 30.8 Å². The maximum Gasteiger partial charge on any atom is 0.202 e. The molecule has 2 atom stereocenters. The number of rotatable bonds is 1. The van der Waals surface area contributed by atoms with Gasteiger partial charge < -0.3 is 20.4 Å². The number of hydrogen-bond acceptors (Lipinski definition) is 4. The Morgan fingerprint density at radius 2 is 1.36 bits per heavy atom. The number of aromatic hydroxyl groups is 2. The van der Waals surface area contributed by atoms with E-state index in [0.717, 1.165) is 0 Å². The molecule has 0 amide bonds. The monoisotopic (exact) mass is 341 g/mol. The fourth-order valence-corrected chi connectivity index (χ4v) is 4.41. The van der Waals surface area contributed by atoms with Crippen LogP contribution < -0.4 is 0 Å². The lowest BCUT2D eigenvalue weighted by molar-refractivity contribution is -0.170. The molecule has 0 spiro atoms. The zero-order valence-corrected chi connectivity index (χ0v) is 12.8. The quantitative estimate of drug-likeness (QED) is 0.601. The Bertz CT molecular complexity index is 742. The minimum Gasteiger partial charge on any atom is -0.494 e. The van der Waals surface area contributed by atoms with Crippen LogP contribution >= 0.6 is 23.2 Å². The van der Waals surface area contributed by atoms with Crippen molar-refractivity contribution in [1.82, 2.24) is 4.57 Å². The summed E-state index contributed by atoms with van der Waals surface area (Å²) in [6.45, 7) is 0. The van der Waals surface area contributed by atoms with E-state index in [0.29, 0.717) is 39.7 Å². The van der Waals surface area contributed by atoms with Crippen LogP contribution in [0, 0.1) is 0 Å². The number of halogens is 2. The van der Waals surface area contributed by atoms with Crippen LogP contribution in [0.2, 0.25) is 10.0 Å². The highest BCUT2D eigenvalue weighted by Gasteiger charge is 2.60. The molecule has 4 N–H and O–H groups in total. The predicted molar refractivity (Wildman–Crippen MR) is 81.0 cm³/mol. The van der Waals surface area contributed by atoms with E-state index in [1.807, 2.05) is 0 Å². The number of aliphatic hydroxyl groups is 2. The van der Waals surface area contributed by atoms with Crippen LogP contribution in [0.5, 0.6) is 11.8 Å². The van der Waals surface area contributed by atoms with Crippen LogP contribution in [-0.2, 0) is 0 Å². The lowest BCUT2D eigenvalue weighted by atomic mass is 9.95. The molecule has 2 aliphatic carbocycles. The zero-order valence-electron chi connectivity index (χ0n) is 11.3. The Hall–Kier alpha value is -1.40. The molecule has 1 fully saturated rings. The summed E-state index contributed by atoms with van der Waals surface area (Å²) >= 11 is 11.9. The van der Waals surface area contributed by atoms with Crippen LogP contribution in [0.4, 0.5) is 0 Å². The Morgan fingerprint density at radius 1 is 0.909 bits per heavy atom. The summed E-state index contributed by atoms with van der Waals surface area (Å²) in [5, 5.41) is 42.1. The van der Waals surface area contributed by atoms with E-state index in [9.17, 15) is 20.4 Å². The van der Waals surface area contributed by atoms with Gasteiger partial charge in [-0.3, -0.25) is 4.57 Å². The molecule has 1 aromatic heterocycles. The van der Waals surface area contributed by atoms with E-state index in [-0.39, 0.29) is 11.8 Å². The van der Waals surface area contributed by atoms with Gasteiger partial charge in [-0.05, 0) is 31.0 Å². The fraction of sp³-hybridized carbons (Fsp3) is 0.333. The summed E-state index contributed by atoms with van der Waals surface area (Å²) in [6, 6.07) is 4.68. The molecule has 22 heavy (non-hydrogen) atoms. The van der Waals surface area contributed by atoms with Gasteiger partial charge in [0.05, 0.1) is 5.69 Å². The lowest BCUT2D eigenvalue weighted by Gasteiger charge is -2.22. The Balaban J connectivity index is 1.96. The molecule has 1 aromatic carbocycles. The second kappa shape index (κ2) is 4.32. The minimum atomic E-state index is -1.91. The summed E-state index contributed by atoms with van der Waals surface area (Å²) < 4.78 is 1.24. The van der Waals surface area contributed by atoms with E-state index in [4.69, 9.17) is 23.2 Å². The number of fused-ring (bicyclic) bond motifs is 5. The first kappa shape index (κ1) is 14.2. The van der Waals surface area contributed by atoms with Crippen LogP contribution in [0.1, 0.15) is 35.8 Å². The molecule has 1 saturated carbocycles. The average Bonchev–Trinajstić information content (AvgIpc) is 2.94. The Morgan fingerprint density at radius 3 is 1.82 bits per heavy atom. The smallest absolute Gasteiger partial charge is 0.202 e. The molecule has 1 heterocycles. The summed E-state index contributed by atoms with van der Waals surface area (Å²) in [4.78, 5) is 0. The van der Waals surface area contributed by atoms with Crippen LogP contribution in [0.25, 0.3) is 5.69 Å². The van der Waals surface area contributed by atoms with Crippen molar-refractivity contribution in [1.29, 1.82) is 0 Å². The van der Waals surface area contributed by atoms with E-state index in [1.54, 1.807) is 18.2 Å². The van der Waals surface area contributed by atoms with Crippen molar-refractivity contribution in [3.05, 3.63) is 39.4 Å². The van der Waals surface area contributed by atoms with Gasteiger partial charge >= 0.3 is 0 Å². The second-order valence-corrected chi connectivity index (χ2v) is 6.78. The highest BCUT2D eigenvalue weighted by molar-refractivity contribution is 6.34. The first-order valence-corrected chi connectivity index (χ1v) is 7.65. The van der Waals surface area contributed by atoms with Crippen molar-refractivity contribution in [3.8, 4) is 17.4 Å². The van der Waals surface area contributed by atoms with Gasteiger partial charge in [0.1, 0.15) is 0 Å². The largest absolute Gasteiger partial charge is 0.494 e. The van der Waals surface area contributed by atoms with Crippen molar-refractivity contribution in [2.75, 3.05) is 0 Å². The molecule has 0 aliphatic heterocycles. The van der Waals surface area contributed by atoms with Crippen molar-refractivity contribution < 1.29 is 20.4 Å². The van der Waals surface area contributed by atoms with Crippen molar-refractivity contribution >= 4 is 23.2 Å². The van der Waals surface area contributed by atoms with E-state index >= 15 is 0 Å². The summed E-state index contributed by atoms with van der Waals surface area (Å²) in [6.07, 6.45) is 1.11. The van der Waals surface area contributed by atoms with Gasteiger partial charge in [0.2, 0.25) is 11.8 Å². The number of aromatic nitrogens is 1. The van der Waals surface area contributed by atoms with Crippen molar-refractivity contribution in [3.63, 3.8) is 0 Å². The normalized spacial score (nSPS) is 24.7. The zero-order chi connectivity index (χ0) is 15.8. The molecule has 4 rings (SSSR count). The average molecular weight is 342 g/mol. The van der Waals surface area contributed by atoms with Crippen LogP contribution in [0.3, 0.4) is 0 Å². The molecule has 116 valence electrons. The van der Waals surface area contributed by atoms with Gasteiger partial charge in [0.15, 0.2) is 5.79 Å². The van der Waals surface area contributed by atoms with Gasteiger partial charge in [0, 0.05) is 33.0 Å². The summed E-state index contributed by atoms with van der Waals surface area (Å²) in [5.74, 6) is -3.52. The first-order valence-electron chi connectivity index (χ1n) is 6.90. The van der Waals surface area contributed by atoms with Gasteiger partial charge in [-0.2, -0.15) is 0 Å². The maximum absolute atomic E-state index is 10.5. The lowest BCUT2D eigenvalue weighted by Crippen LogP contribution is -2.31. The Kier molecular flexibility index (Phi) is 2.79. The van der Waals surface area contributed by atoms with Crippen molar-refractivity contribution in [2.45, 2.75) is 30.5 Å². The van der Waals surface area contributed by atoms with Gasteiger partial charge in [-0.25, -0.2) is 0 Å². The van der Waals surface area contributed by atoms with E-state index in [2.05, 4.69) is 0 Å². The molecular formula is C15H13Cl2NO4. The third-order valence-corrected chi connectivity index (χ3v) is 5.20. The van der Waals surface area contributed by atoms with Crippen LogP contribution in [0.15, 0.2) is 18.2 Å². The third kappa shape index (κ3) is 1.62. The molecule has 2 bridgehead atoms. The summed E-state index contributed by atoms with van der Waals surface area (Å²) in [5.41, 5.74) is 1.22. The number of benzene rings is 1. The third-order valence-electron chi connectivity index (χ3n) is 4.77. The Labute approximate surface area is 136 Å². The predicted octanol–water partition coefficient (Wildman–Crippen LogP) is 2.85. The minimum absolute atomic E-state index is 0.203. The molecular weight excluding hydrogens is 329 g/mol. The topological polar surface area (TPSA) is 85.9 Å². The van der Waals surface area contributed by atoms with Crippen molar-refractivity contribution in [2.24, 2.45) is 0 Å². The second-order valence-electron chi connectivity index (χ2n) is 5.90. The number of hydrogen-bond donors (Lipinski definition) is 4. The van der Waals surface area contributed by atoms with Gasteiger partial charge in [-0.1, -0.05) is 23.2 Å². The molecule has 0 unspecified atom stereocenters. The highest BCUT2D eigenvalue weighted by Crippen LogP contribution is 2.64. The maximum atomic E-state index is 10.5. The van der Waals surface area contributed by atoms with Gasteiger partial charge in [0.25, 0.3) is 0 Å². The number of nitrogens with zero attached hydrogens (tertiary/aromatic N) is 1. The SMILES string of the molecule is Oc1c2c(c(O)n1-c1cc(Cl)cc(Cl)c1)[C@@H]1CC[C@H]2C1(O)O. The molecule has 0 saturated heterocycles. The molecule has 2 aromatic rings.